The van der Waals surface area contributed by atoms with Crippen molar-refractivity contribution in [1.29, 1.82) is 0 Å². The van der Waals surface area contributed by atoms with Crippen LogP contribution in [0.4, 0.5) is 11.6 Å². The summed E-state index contributed by atoms with van der Waals surface area (Å²) in [6.45, 7) is 8.67. The molecule has 0 spiro atoms. The number of carbonyl (C=O) groups is 1. The number of aromatic nitrogens is 2. The van der Waals surface area contributed by atoms with Crippen molar-refractivity contribution >= 4 is 17.5 Å². The number of nitrogen functional groups attached to an aromatic ring is 1. The zero-order valence-electron chi connectivity index (χ0n) is 12.8. The van der Waals surface area contributed by atoms with Crippen LogP contribution in [0.3, 0.4) is 0 Å². The number of hydrazine groups is 1. The molecule has 0 aromatic carbocycles. The summed E-state index contributed by atoms with van der Waals surface area (Å²) in [4.78, 5) is 22.3. The fraction of sp³-hybridized carbons (Fsp3) is 0.615. The number of nitrogens with one attached hydrogen (secondary N) is 2. The molecule has 0 unspecified atom stereocenters. The second kappa shape index (κ2) is 7.04. The summed E-state index contributed by atoms with van der Waals surface area (Å²) >= 11 is 0. The van der Waals surface area contributed by atoms with Crippen LogP contribution in [0.5, 0.6) is 0 Å². The molecule has 112 valence electrons. The topological polar surface area (TPSA) is 96.2 Å². The maximum atomic E-state index is 11.8. The first-order chi connectivity index (χ1) is 9.40. The summed E-state index contributed by atoms with van der Waals surface area (Å²) in [7, 11) is 1.77. The predicted octanol–water partition coefficient (Wildman–Crippen LogP) is 1.08. The van der Waals surface area contributed by atoms with Crippen LogP contribution in [-0.4, -0.2) is 40.9 Å². The van der Waals surface area contributed by atoms with Gasteiger partial charge >= 0.3 is 0 Å². The Morgan fingerprint density at radius 2 is 1.95 bits per heavy atom. The third-order valence-electron chi connectivity index (χ3n) is 3.12. The number of carbonyl (C=O) groups excluding carboxylic acids is 1. The Morgan fingerprint density at radius 1 is 1.35 bits per heavy atom. The quantitative estimate of drug-likeness (QED) is 0.533. The molecule has 1 amide bonds. The van der Waals surface area contributed by atoms with Gasteiger partial charge < -0.3 is 15.6 Å². The van der Waals surface area contributed by atoms with Crippen molar-refractivity contribution in [2.75, 3.05) is 30.9 Å². The van der Waals surface area contributed by atoms with Crippen LogP contribution in [0.25, 0.3) is 0 Å². The summed E-state index contributed by atoms with van der Waals surface area (Å²) in [6.07, 6.45) is 0. The third kappa shape index (κ3) is 3.80. The molecule has 0 radical (unpaired) electrons. The minimum atomic E-state index is 0.0128. The van der Waals surface area contributed by atoms with Gasteiger partial charge in [0.15, 0.2) is 0 Å². The zero-order chi connectivity index (χ0) is 15.3. The molecule has 1 aromatic rings. The Balaban J connectivity index is 2.93. The van der Waals surface area contributed by atoms with Gasteiger partial charge in [0, 0.05) is 25.1 Å². The number of amides is 1. The molecular weight excluding hydrogens is 256 g/mol. The molecule has 1 rings (SSSR count). The van der Waals surface area contributed by atoms with Crippen molar-refractivity contribution in [3.8, 4) is 0 Å². The van der Waals surface area contributed by atoms with Crippen LogP contribution in [0.2, 0.25) is 0 Å². The van der Waals surface area contributed by atoms with Gasteiger partial charge in [-0.05, 0) is 13.8 Å². The first kappa shape index (κ1) is 16.2. The number of rotatable bonds is 6. The summed E-state index contributed by atoms with van der Waals surface area (Å²) in [6, 6.07) is 0. The minimum Gasteiger partial charge on any atom is -0.361 e. The molecule has 7 nitrogen and oxygen atoms in total. The van der Waals surface area contributed by atoms with Gasteiger partial charge in [0.25, 0.3) is 0 Å². The van der Waals surface area contributed by atoms with E-state index in [4.69, 9.17) is 5.84 Å². The molecule has 0 atom stereocenters. The SMILES string of the molecule is CCN(C)C(=O)CNc1nc(C(C)C)nc(NN)c1C. The number of likely N-dealkylation sites (N-methyl/N-ethyl adjacent to an activating group) is 1. The smallest absolute Gasteiger partial charge is 0.241 e. The third-order valence-corrected chi connectivity index (χ3v) is 3.12. The Hall–Kier alpha value is -1.89. The van der Waals surface area contributed by atoms with Gasteiger partial charge in [-0.3, -0.25) is 4.79 Å². The zero-order valence-corrected chi connectivity index (χ0v) is 12.8. The van der Waals surface area contributed by atoms with Gasteiger partial charge in [-0.15, -0.1) is 0 Å². The lowest BCUT2D eigenvalue weighted by molar-refractivity contribution is -0.127. The van der Waals surface area contributed by atoms with E-state index in [1.165, 1.54) is 0 Å². The van der Waals surface area contributed by atoms with Crippen LogP contribution < -0.4 is 16.6 Å². The Labute approximate surface area is 119 Å². The highest BCUT2D eigenvalue weighted by Crippen LogP contribution is 2.22. The van der Waals surface area contributed by atoms with E-state index < -0.39 is 0 Å². The number of anilines is 2. The highest BCUT2D eigenvalue weighted by atomic mass is 16.2. The lowest BCUT2D eigenvalue weighted by Gasteiger charge is -2.17. The molecule has 0 aliphatic carbocycles. The van der Waals surface area contributed by atoms with E-state index in [-0.39, 0.29) is 18.4 Å². The molecule has 1 aromatic heterocycles. The lowest BCUT2D eigenvalue weighted by atomic mass is 10.2. The van der Waals surface area contributed by atoms with Gasteiger partial charge in [-0.1, -0.05) is 13.8 Å². The van der Waals surface area contributed by atoms with Crippen LogP contribution >= 0.6 is 0 Å². The van der Waals surface area contributed by atoms with E-state index in [1.54, 1.807) is 11.9 Å². The average molecular weight is 280 g/mol. The van der Waals surface area contributed by atoms with Gasteiger partial charge in [-0.25, -0.2) is 15.8 Å². The molecule has 4 N–H and O–H groups in total. The Morgan fingerprint density at radius 3 is 2.45 bits per heavy atom. The van der Waals surface area contributed by atoms with Crippen molar-refractivity contribution in [2.45, 2.75) is 33.6 Å². The fourth-order valence-corrected chi connectivity index (χ4v) is 1.58. The molecule has 7 heteroatoms. The van der Waals surface area contributed by atoms with E-state index in [0.717, 1.165) is 5.56 Å². The van der Waals surface area contributed by atoms with Crippen LogP contribution in [-0.2, 0) is 4.79 Å². The van der Waals surface area contributed by atoms with Crippen molar-refractivity contribution in [3.63, 3.8) is 0 Å². The van der Waals surface area contributed by atoms with Gasteiger partial charge in [0.2, 0.25) is 5.91 Å². The molecule has 0 saturated carbocycles. The number of hydrogen-bond donors (Lipinski definition) is 3. The molecule has 0 aliphatic rings. The normalized spacial score (nSPS) is 10.6. The van der Waals surface area contributed by atoms with E-state index in [9.17, 15) is 4.79 Å². The molecule has 20 heavy (non-hydrogen) atoms. The Kier molecular flexibility index (Phi) is 5.69. The maximum absolute atomic E-state index is 11.8. The Bertz CT molecular complexity index is 474. The molecule has 0 saturated heterocycles. The molecule has 0 fully saturated rings. The monoisotopic (exact) mass is 280 g/mol. The van der Waals surface area contributed by atoms with Crippen LogP contribution in [0.1, 0.15) is 38.1 Å². The largest absolute Gasteiger partial charge is 0.361 e. The highest BCUT2D eigenvalue weighted by molar-refractivity contribution is 5.80. The van der Waals surface area contributed by atoms with Crippen molar-refractivity contribution in [3.05, 3.63) is 11.4 Å². The average Bonchev–Trinajstić information content (AvgIpc) is 2.44. The summed E-state index contributed by atoms with van der Waals surface area (Å²) in [5.74, 6) is 7.55. The fourth-order valence-electron chi connectivity index (χ4n) is 1.58. The van der Waals surface area contributed by atoms with E-state index >= 15 is 0 Å². The van der Waals surface area contributed by atoms with Crippen molar-refractivity contribution in [1.82, 2.24) is 14.9 Å². The predicted molar refractivity (Wildman–Crippen MR) is 80.5 cm³/mol. The van der Waals surface area contributed by atoms with E-state index in [2.05, 4.69) is 20.7 Å². The van der Waals surface area contributed by atoms with Gasteiger partial charge in [-0.2, -0.15) is 0 Å². The second-order valence-corrected chi connectivity index (χ2v) is 4.96. The first-order valence-electron chi connectivity index (χ1n) is 6.73. The van der Waals surface area contributed by atoms with Crippen LogP contribution in [0, 0.1) is 6.92 Å². The van der Waals surface area contributed by atoms with Gasteiger partial charge in [0.05, 0.1) is 6.54 Å². The molecular formula is C13H24N6O. The van der Waals surface area contributed by atoms with Crippen LogP contribution in [0.15, 0.2) is 0 Å². The van der Waals surface area contributed by atoms with Crippen molar-refractivity contribution in [2.24, 2.45) is 5.84 Å². The summed E-state index contributed by atoms with van der Waals surface area (Å²) in [5, 5.41) is 3.06. The maximum Gasteiger partial charge on any atom is 0.241 e. The first-order valence-corrected chi connectivity index (χ1v) is 6.73. The summed E-state index contributed by atoms with van der Waals surface area (Å²) < 4.78 is 0. The molecule has 0 aliphatic heterocycles. The highest BCUT2D eigenvalue weighted by Gasteiger charge is 2.14. The standard InChI is InChI=1S/C13H24N6O/c1-6-19(5)10(20)7-15-12-9(4)13(18-14)17-11(16-12)8(2)3/h8H,6-7,14H2,1-5H3,(H2,15,16,17,18). The number of nitrogens with two attached hydrogens (primary N) is 1. The van der Waals surface area contributed by atoms with E-state index in [1.807, 2.05) is 27.7 Å². The van der Waals surface area contributed by atoms with Crippen molar-refractivity contribution < 1.29 is 4.79 Å². The molecule has 0 bridgehead atoms. The second-order valence-electron chi connectivity index (χ2n) is 4.96. The minimum absolute atomic E-state index is 0.0128. The summed E-state index contributed by atoms with van der Waals surface area (Å²) in [5.41, 5.74) is 3.36. The van der Waals surface area contributed by atoms with Gasteiger partial charge in [0.1, 0.15) is 17.5 Å². The van der Waals surface area contributed by atoms with E-state index in [0.29, 0.717) is 24.0 Å². The number of hydrogen-bond acceptors (Lipinski definition) is 6. The lowest BCUT2D eigenvalue weighted by Crippen LogP contribution is -2.32. The molecule has 1 heterocycles. The number of nitrogens with zero attached hydrogens (tertiary/aromatic N) is 3.